The Bertz CT molecular complexity index is 58.0. The Balaban J connectivity index is 3.10. The van der Waals surface area contributed by atoms with E-state index in [0.717, 1.165) is 0 Å². The van der Waals surface area contributed by atoms with Crippen LogP contribution in [0.15, 0.2) is 0 Å². The second kappa shape index (κ2) is 3.72. The van der Waals surface area contributed by atoms with Gasteiger partial charge in [0.2, 0.25) is 0 Å². The molecule has 0 bridgehead atoms. The van der Waals surface area contributed by atoms with E-state index in [1.54, 1.807) is 0 Å². The highest BCUT2D eigenvalue weighted by Crippen LogP contribution is 1.63. The van der Waals surface area contributed by atoms with Crippen LogP contribution in [0.25, 0.3) is 0 Å². The molecular formula is C2H10N4O2. The molecule has 0 rings (SSSR count). The second-order valence-electron chi connectivity index (χ2n) is 1.21. The van der Waals surface area contributed by atoms with E-state index in [-0.39, 0.29) is 6.54 Å². The van der Waals surface area contributed by atoms with Crippen LogP contribution < -0.4 is 22.6 Å². The van der Waals surface area contributed by atoms with Crippen molar-refractivity contribution in [2.24, 2.45) is 17.3 Å². The number of quaternary nitrogens is 1. The van der Waals surface area contributed by atoms with E-state index in [9.17, 15) is 5.21 Å². The zero-order chi connectivity index (χ0) is 6.57. The molecule has 0 saturated carbocycles. The van der Waals surface area contributed by atoms with E-state index >= 15 is 0 Å². The third kappa shape index (κ3) is 3.93. The highest BCUT2D eigenvalue weighted by atomic mass is 16.9. The van der Waals surface area contributed by atoms with E-state index in [1.807, 2.05) is 0 Å². The van der Waals surface area contributed by atoms with Crippen molar-refractivity contribution in [3.8, 4) is 0 Å². The Labute approximate surface area is 46.7 Å². The van der Waals surface area contributed by atoms with Gasteiger partial charge in [0.1, 0.15) is 0 Å². The summed E-state index contributed by atoms with van der Waals surface area (Å²) in [5, 5.41) is 8.93. The molecule has 0 aliphatic carbocycles. The summed E-state index contributed by atoms with van der Waals surface area (Å²) in [6, 6.07) is 0. The Morgan fingerprint density at radius 3 is 2.38 bits per heavy atom. The number of rotatable bonds is 3. The molecule has 0 aromatic heterocycles. The number of hydrogen-bond acceptors (Lipinski definition) is 5. The molecule has 0 aromatic carbocycles. The van der Waals surface area contributed by atoms with Gasteiger partial charge in [-0.3, -0.25) is 5.73 Å². The van der Waals surface area contributed by atoms with Crippen molar-refractivity contribution >= 4 is 0 Å². The second-order valence-corrected chi connectivity index (χ2v) is 1.21. The molecule has 0 saturated heterocycles. The molecule has 0 aliphatic rings. The van der Waals surface area contributed by atoms with Crippen molar-refractivity contribution in [3.63, 3.8) is 0 Å². The van der Waals surface area contributed by atoms with Crippen molar-refractivity contribution in [2.75, 3.05) is 6.54 Å². The predicted molar refractivity (Wildman–Crippen MR) is 26.6 cm³/mol. The maximum atomic E-state index is 9.83. The van der Waals surface area contributed by atoms with E-state index in [0.29, 0.717) is 0 Å². The molecule has 0 aromatic rings. The van der Waals surface area contributed by atoms with Crippen LogP contribution in [0, 0.1) is 5.21 Å². The maximum absolute atomic E-state index is 9.83. The topological polar surface area (TPSA) is 115 Å². The van der Waals surface area contributed by atoms with Gasteiger partial charge in [-0.25, -0.2) is 0 Å². The molecule has 0 amide bonds. The summed E-state index contributed by atoms with van der Waals surface area (Å²) in [5.74, 6) is 4.57. The van der Waals surface area contributed by atoms with Crippen LogP contribution in [0.1, 0.15) is 0 Å². The molecule has 0 fully saturated rings. The summed E-state index contributed by atoms with van der Waals surface area (Å²) in [5.41, 5.74) is 9.99. The fourth-order valence-electron chi connectivity index (χ4n) is 0.197. The lowest BCUT2D eigenvalue weighted by Gasteiger charge is -2.15. The molecule has 50 valence electrons. The summed E-state index contributed by atoms with van der Waals surface area (Å²) >= 11 is 0. The van der Waals surface area contributed by atoms with Gasteiger partial charge in [-0.2, -0.15) is 4.84 Å². The van der Waals surface area contributed by atoms with Crippen molar-refractivity contribution in [1.29, 1.82) is 0 Å². The van der Waals surface area contributed by atoms with Gasteiger partial charge < -0.3 is 10.9 Å². The number of hydrogen-bond donors (Lipinski definition) is 4. The average Bonchev–Trinajstić information content (AvgIpc) is 1.65. The molecule has 0 radical (unpaired) electrons. The minimum Gasteiger partial charge on any atom is -0.580 e. The SMILES string of the molecule is NCC(N)O[NH+](N)[O-]. The Hall–Kier alpha value is -0.240. The minimum absolute atomic E-state index is 0.0862. The van der Waals surface area contributed by atoms with Crippen molar-refractivity contribution in [3.05, 3.63) is 5.21 Å². The third-order valence-electron chi connectivity index (χ3n) is 0.500. The lowest BCUT2D eigenvalue weighted by atomic mass is 10.6. The molecule has 7 N–H and O–H groups in total. The van der Waals surface area contributed by atoms with Gasteiger partial charge in [-0.15, -0.1) is 11.2 Å². The van der Waals surface area contributed by atoms with Crippen LogP contribution in [-0.2, 0) is 4.84 Å². The molecule has 0 aliphatic heterocycles. The smallest absolute Gasteiger partial charge is 0.180 e. The van der Waals surface area contributed by atoms with Crippen molar-refractivity contribution < 1.29 is 10.2 Å². The number of nitrogens with two attached hydrogens (primary N) is 3. The Kier molecular flexibility index (Phi) is 3.61. The summed E-state index contributed by atoms with van der Waals surface area (Å²) < 4.78 is 0. The molecule has 8 heavy (non-hydrogen) atoms. The van der Waals surface area contributed by atoms with Crippen LogP contribution in [0.2, 0.25) is 0 Å². The standard InChI is InChI=1S/C2H10N4O2/c3-1-2(4)8-6(5)7/h2,6H,1,3-5H2. The van der Waals surface area contributed by atoms with E-state index in [2.05, 4.69) is 10.7 Å². The van der Waals surface area contributed by atoms with E-state index < -0.39 is 11.6 Å². The highest BCUT2D eigenvalue weighted by molar-refractivity contribution is 4.39. The van der Waals surface area contributed by atoms with Crippen LogP contribution in [0.4, 0.5) is 0 Å². The quantitative estimate of drug-likeness (QED) is 0.175. The summed E-state index contributed by atoms with van der Waals surface area (Å²) in [7, 11) is 0. The lowest BCUT2D eigenvalue weighted by Crippen LogP contribution is -3.13. The summed E-state index contributed by atoms with van der Waals surface area (Å²) in [6.45, 7) is 0.0862. The molecule has 6 heteroatoms. The third-order valence-corrected chi connectivity index (χ3v) is 0.500. The van der Waals surface area contributed by atoms with Crippen molar-refractivity contribution in [2.45, 2.75) is 6.23 Å². The maximum Gasteiger partial charge on any atom is 0.180 e. The van der Waals surface area contributed by atoms with Crippen LogP contribution in [0.3, 0.4) is 0 Å². The highest BCUT2D eigenvalue weighted by Gasteiger charge is 2.00. The van der Waals surface area contributed by atoms with Crippen molar-refractivity contribution in [1.82, 2.24) is 0 Å². The number of nitrogens with one attached hydrogen (secondary N) is 1. The first-order valence-electron chi connectivity index (χ1n) is 2.08. The molecule has 2 atom stereocenters. The van der Waals surface area contributed by atoms with Gasteiger partial charge in [-0.1, -0.05) is 0 Å². The zero-order valence-corrected chi connectivity index (χ0v) is 4.33. The van der Waals surface area contributed by atoms with Gasteiger partial charge in [0.25, 0.3) is 0 Å². The predicted octanol–water partition coefficient (Wildman–Crippen LogP) is -3.58. The molecule has 0 heterocycles. The Morgan fingerprint density at radius 2 is 2.25 bits per heavy atom. The molecule has 2 unspecified atom stereocenters. The monoisotopic (exact) mass is 122 g/mol. The van der Waals surface area contributed by atoms with Gasteiger partial charge in [0.15, 0.2) is 6.23 Å². The van der Waals surface area contributed by atoms with E-state index in [4.69, 9.17) is 11.5 Å². The molecule has 6 nitrogen and oxygen atoms in total. The fraction of sp³-hybridized carbons (Fsp3) is 1.00. The van der Waals surface area contributed by atoms with Gasteiger partial charge in [0.05, 0.1) is 0 Å². The largest absolute Gasteiger partial charge is 0.580 e. The minimum atomic E-state index is -0.900. The lowest BCUT2D eigenvalue weighted by molar-refractivity contribution is -1.07. The first kappa shape index (κ1) is 7.76. The summed E-state index contributed by atoms with van der Waals surface area (Å²) in [6.07, 6.45) is -0.771. The Morgan fingerprint density at radius 1 is 1.75 bits per heavy atom. The van der Waals surface area contributed by atoms with E-state index in [1.165, 1.54) is 0 Å². The normalized spacial score (nSPS) is 18.0. The molecule has 0 spiro atoms. The zero-order valence-electron chi connectivity index (χ0n) is 4.33. The van der Waals surface area contributed by atoms with Crippen LogP contribution in [-0.4, -0.2) is 12.8 Å². The fourth-order valence-corrected chi connectivity index (χ4v) is 0.197. The van der Waals surface area contributed by atoms with Gasteiger partial charge in [-0.05, 0) is 0 Å². The summed E-state index contributed by atoms with van der Waals surface area (Å²) in [4.78, 5) is 4.19. The van der Waals surface area contributed by atoms with Crippen LogP contribution in [0.5, 0.6) is 0 Å². The first-order chi connectivity index (χ1) is 3.66. The first-order valence-corrected chi connectivity index (χ1v) is 2.08. The average molecular weight is 122 g/mol. The van der Waals surface area contributed by atoms with Gasteiger partial charge in [0, 0.05) is 6.54 Å². The van der Waals surface area contributed by atoms with Gasteiger partial charge >= 0.3 is 0 Å². The van der Waals surface area contributed by atoms with Crippen LogP contribution >= 0.6 is 0 Å². The molecular weight excluding hydrogens is 112 g/mol.